The van der Waals surface area contributed by atoms with Crippen LogP contribution in [0.25, 0.3) is 0 Å². The minimum Gasteiger partial charge on any atom is -0.487 e. The van der Waals surface area contributed by atoms with E-state index >= 15 is 0 Å². The number of thiazole rings is 1. The number of aliphatic imine (C=N–C) groups is 1. The van der Waals surface area contributed by atoms with Crippen LogP contribution in [-0.2, 0) is 0 Å². The Morgan fingerprint density at radius 2 is 2.06 bits per heavy atom. The first-order chi connectivity index (χ1) is 15.1. The first kappa shape index (κ1) is 24.8. The Hall–Kier alpha value is -1.88. The smallest absolute Gasteiger partial charge is 0.263 e. The van der Waals surface area contributed by atoms with Gasteiger partial charge in [0, 0.05) is 25.1 Å². The van der Waals surface area contributed by atoms with E-state index in [4.69, 9.17) is 9.73 Å². The lowest BCUT2D eigenvalue weighted by Gasteiger charge is -2.40. The molecule has 0 bridgehead atoms. The van der Waals surface area contributed by atoms with Gasteiger partial charge in [0.2, 0.25) is 0 Å². The van der Waals surface area contributed by atoms with Crippen LogP contribution in [-0.4, -0.2) is 42.1 Å². The van der Waals surface area contributed by atoms with Gasteiger partial charge >= 0.3 is 0 Å². The van der Waals surface area contributed by atoms with Gasteiger partial charge in [-0.2, -0.15) is 0 Å². The van der Waals surface area contributed by atoms with Crippen LogP contribution in [0.2, 0.25) is 0 Å². The topological polar surface area (TPSA) is 87.6 Å². The maximum absolute atomic E-state index is 12.3. The zero-order valence-electron chi connectivity index (χ0n) is 18.6. The summed E-state index contributed by atoms with van der Waals surface area (Å²) in [4.78, 5) is 21.8. The van der Waals surface area contributed by atoms with E-state index in [1.165, 1.54) is 29.7 Å². The van der Waals surface area contributed by atoms with Gasteiger partial charge in [-0.05, 0) is 45.6 Å². The fourth-order valence-electron chi connectivity index (χ4n) is 4.49. The minimum absolute atomic E-state index is 0. The van der Waals surface area contributed by atoms with Crippen molar-refractivity contribution < 1.29 is 9.53 Å². The molecule has 174 valence electrons. The molecule has 1 saturated carbocycles. The van der Waals surface area contributed by atoms with E-state index in [9.17, 15) is 4.79 Å². The number of nitrogens with zero attached hydrogens (tertiary/aromatic N) is 2. The number of carbonyl (C=O) groups is 1. The minimum atomic E-state index is -0.0882. The Bertz CT molecular complexity index is 942. The summed E-state index contributed by atoms with van der Waals surface area (Å²) in [6.45, 7) is 5.64. The van der Waals surface area contributed by atoms with Gasteiger partial charge in [0.05, 0.1) is 23.8 Å². The molecule has 1 aromatic carbocycles. The van der Waals surface area contributed by atoms with Crippen molar-refractivity contribution in [3.05, 3.63) is 45.9 Å². The maximum atomic E-state index is 12.3. The molecular weight excluding hydrogens is 537 g/mol. The highest BCUT2D eigenvalue weighted by molar-refractivity contribution is 14.0. The standard InChI is InChI=1S/C23H31N5O2S.HI/c1-3-24-22(26-13-12-25-21(29)20-16(2)27-15-31-20)28-18-14-23(10-6-7-11-23)30-19-9-5-4-8-17(18)19;/h4-5,8-9,15,18H,3,6-7,10-14H2,1-2H3,(H,25,29)(H2,24,26,28);1H. The molecule has 3 N–H and O–H groups in total. The molecule has 32 heavy (non-hydrogen) atoms. The van der Waals surface area contributed by atoms with Gasteiger partial charge in [-0.3, -0.25) is 9.79 Å². The van der Waals surface area contributed by atoms with E-state index < -0.39 is 0 Å². The fourth-order valence-corrected chi connectivity index (χ4v) is 5.21. The quantitative estimate of drug-likeness (QED) is 0.210. The predicted molar refractivity (Wildman–Crippen MR) is 139 cm³/mol. The number of guanidine groups is 1. The normalized spacial score (nSPS) is 18.9. The van der Waals surface area contributed by atoms with Gasteiger partial charge < -0.3 is 20.7 Å². The molecule has 0 saturated heterocycles. The number of nitrogens with one attached hydrogen (secondary N) is 3. The number of aromatic nitrogens is 1. The molecular formula is C23H32IN5O2S. The van der Waals surface area contributed by atoms with E-state index in [0.29, 0.717) is 18.0 Å². The molecule has 1 amide bonds. The molecule has 1 spiro atoms. The average Bonchev–Trinajstić information content (AvgIpc) is 3.40. The van der Waals surface area contributed by atoms with Crippen LogP contribution in [0.15, 0.2) is 34.8 Å². The molecule has 2 aromatic rings. The number of carbonyl (C=O) groups excluding carboxylic acids is 1. The second-order valence-corrected chi connectivity index (χ2v) is 9.07. The highest BCUT2D eigenvalue weighted by Gasteiger charge is 2.43. The van der Waals surface area contributed by atoms with E-state index in [2.05, 4.69) is 46.1 Å². The lowest BCUT2D eigenvalue weighted by molar-refractivity contribution is 0.0396. The zero-order valence-corrected chi connectivity index (χ0v) is 21.8. The van der Waals surface area contributed by atoms with Crippen LogP contribution in [0.4, 0.5) is 0 Å². The summed E-state index contributed by atoms with van der Waals surface area (Å²) in [7, 11) is 0. The number of ether oxygens (including phenoxy) is 1. The lowest BCUT2D eigenvalue weighted by atomic mass is 9.86. The van der Waals surface area contributed by atoms with Crippen molar-refractivity contribution in [3.63, 3.8) is 0 Å². The third-order valence-corrected chi connectivity index (χ3v) is 6.91. The Kier molecular flexibility index (Phi) is 8.75. The predicted octanol–water partition coefficient (Wildman–Crippen LogP) is 4.19. The number of fused-ring (bicyclic) bond motifs is 1. The molecule has 9 heteroatoms. The van der Waals surface area contributed by atoms with E-state index in [-0.39, 0.29) is 41.5 Å². The molecule has 4 rings (SSSR count). The van der Waals surface area contributed by atoms with Crippen molar-refractivity contribution in [2.75, 3.05) is 19.6 Å². The molecule has 1 aliphatic heterocycles. The van der Waals surface area contributed by atoms with Gasteiger partial charge in [-0.1, -0.05) is 18.2 Å². The van der Waals surface area contributed by atoms with Crippen molar-refractivity contribution in [3.8, 4) is 5.75 Å². The van der Waals surface area contributed by atoms with Gasteiger partial charge in [-0.25, -0.2) is 4.98 Å². The number of para-hydroxylation sites is 1. The van der Waals surface area contributed by atoms with Crippen LogP contribution < -0.4 is 20.7 Å². The van der Waals surface area contributed by atoms with Gasteiger partial charge in [-0.15, -0.1) is 35.3 Å². The lowest BCUT2D eigenvalue weighted by Crippen LogP contribution is -2.46. The maximum Gasteiger partial charge on any atom is 0.263 e. The molecule has 1 unspecified atom stereocenters. The summed E-state index contributed by atoms with van der Waals surface area (Å²) in [6.07, 6.45) is 5.60. The highest BCUT2D eigenvalue weighted by atomic mass is 127. The number of halogens is 1. The summed E-state index contributed by atoms with van der Waals surface area (Å²) in [6, 6.07) is 8.46. The number of benzene rings is 1. The molecule has 2 heterocycles. The average molecular weight is 570 g/mol. The molecule has 1 atom stereocenters. The molecule has 1 fully saturated rings. The summed E-state index contributed by atoms with van der Waals surface area (Å²) in [5.41, 5.74) is 3.57. The Morgan fingerprint density at radius 3 is 2.78 bits per heavy atom. The molecule has 1 aromatic heterocycles. The third kappa shape index (κ3) is 5.72. The summed E-state index contributed by atoms with van der Waals surface area (Å²) in [5.74, 6) is 1.66. The van der Waals surface area contributed by atoms with Gasteiger partial charge in [0.1, 0.15) is 16.2 Å². The van der Waals surface area contributed by atoms with Crippen LogP contribution >= 0.6 is 35.3 Å². The second-order valence-electron chi connectivity index (χ2n) is 8.21. The second kappa shape index (κ2) is 11.3. The number of amides is 1. The molecule has 7 nitrogen and oxygen atoms in total. The first-order valence-corrected chi connectivity index (χ1v) is 12.0. The number of rotatable bonds is 6. The number of hydrogen-bond acceptors (Lipinski definition) is 5. The fraction of sp³-hybridized carbons (Fsp3) is 0.522. The monoisotopic (exact) mass is 569 g/mol. The van der Waals surface area contributed by atoms with Crippen LogP contribution in [0.3, 0.4) is 0 Å². The van der Waals surface area contributed by atoms with E-state index in [0.717, 1.165) is 43.2 Å². The van der Waals surface area contributed by atoms with Crippen molar-refractivity contribution in [1.29, 1.82) is 0 Å². The van der Waals surface area contributed by atoms with Gasteiger partial charge in [0.25, 0.3) is 5.91 Å². The van der Waals surface area contributed by atoms with Gasteiger partial charge in [0.15, 0.2) is 5.96 Å². The van der Waals surface area contributed by atoms with Crippen molar-refractivity contribution in [2.24, 2.45) is 4.99 Å². The van der Waals surface area contributed by atoms with Crippen LogP contribution in [0.5, 0.6) is 5.75 Å². The van der Waals surface area contributed by atoms with E-state index in [1.807, 2.05) is 13.0 Å². The number of aryl methyl sites for hydroxylation is 1. The van der Waals surface area contributed by atoms with Crippen LogP contribution in [0.1, 0.15) is 66.0 Å². The molecule has 1 aliphatic carbocycles. The first-order valence-electron chi connectivity index (χ1n) is 11.1. The Morgan fingerprint density at radius 1 is 1.28 bits per heavy atom. The zero-order chi connectivity index (χ0) is 21.7. The van der Waals surface area contributed by atoms with Crippen molar-refractivity contribution in [2.45, 2.75) is 57.6 Å². The summed E-state index contributed by atoms with van der Waals surface area (Å²) >= 11 is 1.36. The highest BCUT2D eigenvalue weighted by Crippen LogP contribution is 2.46. The largest absolute Gasteiger partial charge is 0.487 e. The molecule has 0 radical (unpaired) electrons. The Labute approximate surface area is 210 Å². The summed E-state index contributed by atoms with van der Waals surface area (Å²) < 4.78 is 6.47. The van der Waals surface area contributed by atoms with E-state index in [1.54, 1.807) is 5.51 Å². The Balaban J connectivity index is 0.00000289. The third-order valence-electron chi connectivity index (χ3n) is 5.99. The van der Waals surface area contributed by atoms with Crippen molar-refractivity contribution in [1.82, 2.24) is 20.9 Å². The molecule has 2 aliphatic rings. The van der Waals surface area contributed by atoms with Crippen molar-refractivity contribution >= 4 is 47.2 Å². The van der Waals surface area contributed by atoms with Crippen LogP contribution in [0, 0.1) is 6.92 Å². The SMILES string of the molecule is CCNC(=NCCNC(=O)c1scnc1C)NC1CC2(CCCC2)Oc2ccccc21.I. The summed E-state index contributed by atoms with van der Waals surface area (Å²) in [5, 5.41) is 9.90. The number of hydrogen-bond donors (Lipinski definition) is 3.